The van der Waals surface area contributed by atoms with Gasteiger partial charge in [-0.1, -0.05) is 52.0 Å². The van der Waals surface area contributed by atoms with Gasteiger partial charge in [-0.15, -0.1) is 0 Å². The fourth-order valence-electron chi connectivity index (χ4n) is 2.39. The van der Waals surface area contributed by atoms with Gasteiger partial charge in [-0.3, -0.25) is 0 Å². The maximum absolute atomic E-state index is 5.75. The van der Waals surface area contributed by atoms with E-state index in [0.717, 1.165) is 18.6 Å². The highest BCUT2D eigenvalue weighted by Crippen LogP contribution is 2.33. The van der Waals surface area contributed by atoms with Gasteiger partial charge in [-0.05, 0) is 41.9 Å². The third-order valence-electron chi connectivity index (χ3n) is 3.29. The van der Waals surface area contributed by atoms with E-state index in [-0.39, 0.29) is 5.41 Å². The monoisotopic (exact) mass is 293 g/mol. The summed E-state index contributed by atoms with van der Waals surface area (Å²) in [4.78, 5) is 0.597. The second-order valence-electron chi connectivity index (χ2n) is 6.49. The van der Waals surface area contributed by atoms with Gasteiger partial charge in [0.15, 0.2) is 0 Å². The van der Waals surface area contributed by atoms with Gasteiger partial charge < -0.3 is 10.5 Å². The lowest BCUT2D eigenvalue weighted by Crippen LogP contribution is -2.16. The van der Waals surface area contributed by atoms with Gasteiger partial charge in [0.05, 0.1) is 11.6 Å². The number of thiocarbonyl (C=S) groups is 1. The van der Waals surface area contributed by atoms with Crippen LogP contribution >= 0.6 is 12.2 Å². The standard InChI is InChI=1S/C17H27NOS/c1-6-19-15-8-7-13(9-12(2)10-16(18)20)11-14(15)17(3,4)5/h7-8,11-12H,6,9-10H2,1-5H3,(H2,18,20). The van der Waals surface area contributed by atoms with Crippen LogP contribution in [-0.2, 0) is 11.8 Å². The summed E-state index contributed by atoms with van der Waals surface area (Å²) in [5.41, 5.74) is 8.28. The topological polar surface area (TPSA) is 35.2 Å². The minimum atomic E-state index is 0.0763. The molecule has 1 unspecified atom stereocenters. The van der Waals surface area contributed by atoms with Gasteiger partial charge in [-0.25, -0.2) is 0 Å². The van der Waals surface area contributed by atoms with Crippen molar-refractivity contribution in [1.82, 2.24) is 0 Å². The Morgan fingerprint density at radius 3 is 2.50 bits per heavy atom. The lowest BCUT2D eigenvalue weighted by molar-refractivity contribution is 0.329. The molecule has 2 N–H and O–H groups in total. The molecule has 0 aliphatic heterocycles. The predicted molar refractivity (Wildman–Crippen MR) is 90.6 cm³/mol. The first-order valence-electron chi connectivity index (χ1n) is 7.28. The lowest BCUT2D eigenvalue weighted by Gasteiger charge is -2.24. The summed E-state index contributed by atoms with van der Waals surface area (Å²) in [6.07, 6.45) is 1.79. The van der Waals surface area contributed by atoms with Crippen LogP contribution in [0.15, 0.2) is 18.2 Å². The quantitative estimate of drug-likeness (QED) is 0.797. The molecule has 1 aromatic carbocycles. The van der Waals surface area contributed by atoms with E-state index in [1.165, 1.54) is 11.1 Å². The van der Waals surface area contributed by atoms with Crippen LogP contribution in [0.3, 0.4) is 0 Å². The highest BCUT2D eigenvalue weighted by Gasteiger charge is 2.20. The SMILES string of the molecule is CCOc1ccc(CC(C)CC(N)=S)cc1C(C)(C)C. The summed E-state index contributed by atoms with van der Waals surface area (Å²) in [5.74, 6) is 1.46. The van der Waals surface area contributed by atoms with E-state index in [1.807, 2.05) is 6.92 Å². The minimum absolute atomic E-state index is 0.0763. The first-order valence-corrected chi connectivity index (χ1v) is 7.69. The third-order valence-corrected chi connectivity index (χ3v) is 3.45. The average Bonchev–Trinajstić information content (AvgIpc) is 2.28. The smallest absolute Gasteiger partial charge is 0.123 e. The van der Waals surface area contributed by atoms with Gasteiger partial charge in [0.2, 0.25) is 0 Å². The summed E-state index contributed by atoms with van der Waals surface area (Å²) in [6.45, 7) is 11.5. The molecule has 0 fully saturated rings. The summed E-state index contributed by atoms with van der Waals surface area (Å²) in [5, 5.41) is 0. The lowest BCUT2D eigenvalue weighted by atomic mass is 9.84. The molecule has 0 radical (unpaired) electrons. The molecule has 3 heteroatoms. The normalized spacial score (nSPS) is 13.1. The molecule has 20 heavy (non-hydrogen) atoms. The van der Waals surface area contributed by atoms with Crippen LogP contribution in [0.2, 0.25) is 0 Å². The zero-order valence-electron chi connectivity index (χ0n) is 13.3. The van der Waals surface area contributed by atoms with Crippen molar-refractivity contribution in [2.24, 2.45) is 11.7 Å². The maximum Gasteiger partial charge on any atom is 0.123 e. The van der Waals surface area contributed by atoms with Crippen LogP contribution in [0.5, 0.6) is 5.75 Å². The van der Waals surface area contributed by atoms with Crippen molar-refractivity contribution in [3.63, 3.8) is 0 Å². The van der Waals surface area contributed by atoms with Gasteiger partial charge in [-0.2, -0.15) is 0 Å². The van der Waals surface area contributed by atoms with Crippen molar-refractivity contribution in [2.75, 3.05) is 6.61 Å². The first kappa shape index (κ1) is 17.0. The molecule has 0 bridgehead atoms. The van der Waals surface area contributed by atoms with Crippen molar-refractivity contribution < 1.29 is 4.74 Å². The molecule has 0 aliphatic rings. The molecule has 112 valence electrons. The Balaban J connectivity index is 2.97. The Morgan fingerprint density at radius 1 is 1.35 bits per heavy atom. The Bertz CT molecular complexity index is 463. The molecule has 0 aromatic heterocycles. The summed E-state index contributed by atoms with van der Waals surface area (Å²) in [6, 6.07) is 6.50. The van der Waals surface area contributed by atoms with E-state index in [9.17, 15) is 0 Å². The molecule has 2 nitrogen and oxygen atoms in total. The molecule has 1 aromatic rings. The summed E-state index contributed by atoms with van der Waals surface area (Å²) < 4.78 is 5.75. The van der Waals surface area contributed by atoms with Crippen molar-refractivity contribution in [2.45, 2.75) is 52.9 Å². The zero-order chi connectivity index (χ0) is 15.3. The van der Waals surface area contributed by atoms with E-state index >= 15 is 0 Å². The van der Waals surface area contributed by atoms with Crippen molar-refractivity contribution in [1.29, 1.82) is 0 Å². The van der Waals surface area contributed by atoms with Crippen LogP contribution < -0.4 is 10.5 Å². The molecule has 0 saturated carbocycles. The number of nitrogens with two attached hydrogens (primary N) is 1. The predicted octanol–water partition coefficient (Wildman–Crippen LogP) is 4.24. The van der Waals surface area contributed by atoms with Gasteiger partial charge in [0.1, 0.15) is 5.75 Å². The molecular weight excluding hydrogens is 266 g/mol. The van der Waals surface area contributed by atoms with E-state index < -0.39 is 0 Å². The Labute approximate surface area is 128 Å². The van der Waals surface area contributed by atoms with Gasteiger partial charge in [0, 0.05) is 6.42 Å². The van der Waals surface area contributed by atoms with E-state index in [4.69, 9.17) is 22.7 Å². The highest BCUT2D eigenvalue weighted by atomic mass is 32.1. The fourth-order valence-corrected chi connectivity index (χ4v) is 2.67. The van der Waals surface area contributed by atoms with E-state index in [0.29, 0.717) is 17.5 Å². The second kappa shape index (κ2) is 7.07. The number of rotatable bonds is 6. The highest BCUT2D eigenvalue weighted by molar-refractivity contribution is 7.80. The van der Waals surface area contributed by atoms with Crippen molar-refractivity contribution in [3.05, 3.63) is 29.3 Å². The molecule has 1 rings (SSSR count). The molecule has 1 atom stereocenters. The Hall–Kier alpha value is -1.09. The molecule has 0 heterocycles. The van der Waals surface area contributed by atoms with Gasteiger partial charge in [0.25, 0.3) is 0 Å². The largest absolute Gasteiger partial charge is 0.494 e. The molecule has 0 spiro atoms. The van der Waals surface area contributed by atoms with E-state index in [2.05, 4.69) is 45.9 Å². The van der Waals surface area contributed by atoms with Crippen LogP contribution in [0, 0.1) is 5.92 Å². The minimum Gasteiger partial charge on any atom is -0.494 e. The molecule has 0 aliphatic carbocycles. The average molecular weight is 293 g/mol. The van der Waals surface area contributed by atoms with Crippen molar-refractivity contribution in [3.8, 4) is 5.75 Å². The molecule has 0 amide bonds. The van der Waals surface area contributed by atoms with Crippen LogP contribution in [-0.4, -0.2) is 11.6 Å². The fraction of sp³-hybridized carbons (Fsp3) is 0.588. The zero-order valence-corrected chi connectivity index (χ0v) is 14.1. The summed E-state index contributed by atoms with van der Waals surface area (Å²) >= 11 is 4.99. The number of hydrogen-bond donors (Lipinski definition) is 1. The van der Waals surface area contributed by atoms with Crippen molar-refractivity contribution >= 4 is 17.2 Å². The number of benzene rings is 1. The van der Waals surface area contributed by atoms with Crippen LogP contribution in [0.1, 0.15) is 52.2 Å². The van der Waals surface area contributed by atoms with Crippen LogP contribution in [0.25, 0.3) is 0 Å². The van der Waals surface area contributed by atoms with E-state index in [1.54, 1.807) is 0 Å². The first-order chi connectivity index (χ1) is 9.24. The number of hydrogen-bond acceptors (Lipinski definition) is 2. The summed E-state index contributed by atoms with van der Waals surface area (Å²) in [7, 11) is 0. The van der Waals surface area contributed by atoms with Crippen LogP contribution in [0.4, 0.5) is 0 Å². The molecule has 0 saturated heterocycles. The Morgan fingerprint density at radius 2 is 2.00 bits per heavy atom. The Kier molecular flexibility index (Phi) is 6.00. The number of ether oxygens (including phenoxy) is 1. The maximum atomic E-state index is 5.75. The third kappa shape index (κ3) is 5.12. The molecular formula is C17H27NOS. The second-order valence-corrected chi connectivity index (χ2v) is 7.02. The van der Waals surface area contributed by atoms with Gasteiger partial charge >= 0.3 is 0 Å².